The molecule has 1 aliphatic rings. The average Bonchev–Trinajstić information content (AvgIpc) is 3.21. The SMILES string of the molecule is CC(C)CN(Cc1cccc2ccccc12)[C@H]1CCNC1.O=C(O)/C=C/C(=O)O. The first-order chi connectivity index (χ1) is 13.9. The van der Waals surface area contributed by atoms with Crippen molar-refractivity contribution in [3.8, 4) is 0 Å². The molecule has 0 aliphatic carbocycles. The molecule has 0 radical (unpaired) electrons. The summed E-state index contributed by atoms with van der Waals surface area (Å²) < 4.78 is 0. The van der Waals surface area contributed by atoms with Crippen molar-refractivity contribution in [2.45, 2.75) is 32.9 Å². The topological polar surface area (TPSA) is 89.9 Å². The Labute approximate surface area is 171 Å². The summed E-state index contributed by atoms with van der Waals surface area (Å²) in [6.07, 6.45) is 2.39. The Morgan fingerprint density at radius 2 is 1.76 bits per heavy atom. The van der Waals surface area contributed by atoms with Crippen molar-refractivity contribution in [2.24, 2.45) is 5.92 Å². The highest BCUT2D eigenvalue weighted by molar-refractivity contribution is 5.89. The Hall–Kier alpha value is -2.70. The molecule has 1 saturated heterocycles. The van der Waals surface area contributed by atoms with E-state index in [2.05, 4.69) is 66.5 Å². The van der Waals surface area contributed by atoms with Gasteiger partial charge in [0.15, 0.2) is 0 Å². The summed E-state index contributed by atoms with van der Waals surface area (Å²) in [6, 6.07) is 16.1. The molecule has 156 valence electrons. The molecule has 1 heterocycles. The van der Waals surface area contributed by atoms with Crippen molar-refractivity contribution in [2.75, 3.05) is 19.6 Å². The van der Waals surface area contributed by atoms with E-state index in [4.69, 9.17) is 10.2 Å². The Morgan fingerprint density at radius 3 is 2.34 bits per heavy atom. The molecule has 0 spiro atoms. The molecule has 1 aliphatic heterocycles. The average molecular weight is 399 g/mol. The minimum atomic E-state index is -1.26. The molecule has 6 nitrogen and oxygen atoms in total. The van der Waals surface area contributed by atoms with Gasteiger partial charge in [0.05, 0.1) is 0 Å². The van der Waals surface area contributed by atoms with Crippen LogP contribution in [0.1, 0.15) is 25.8 Å². The van der Waals surface area contributed by atoms with Crippen LogP contribution in [0.3, 0.4) is 0 Å². The van der Waals surface area contributed by atoms with E-state index in [9.17, 15) is 9.59 Å². The van der Waals surface area contributed by atoms with Gasteiger partial charge in [-0.15, -0.1) is 0 Å². The second-order valence-electron chi connectivity index (χ2n) is 7.62. The second kappa shape index (κ2) is 11.3. The van der Waals surface area contributed by atoms with Crippen LogP contribution >= 0.6 is 0 Å². The highest BCUT2D eigenvalue weighted by Gasteiger charge is 2.23. The number of benzene rings is 2. The minimum Gasteiger partial charge on any atom is -0.478 e. The Kier molecular flexibility index (Phi) is 8.83. The number of carbonyl (C=O) groups is 2. The third-order valence-corrected chi connectivity index (χ3v) is 4.77. The highest BCUT2D eigenvalue weighted by Crippen LogP contribution is 2.22. The lowest BCUT2D eigenvalue weighted by atomic mass is 10.0. The number of fused-ring (bicyclic) bond motifs is 1. The molecule has 0 aromatic heterocycles. The maximum absolute atomic E-state index is 9.55. The normalized spacial score (nSPS) is 16.3. The lowest BCUT2D eigenvalue weighted by molar-refractivity contribution is -0.134. The standard InChI is InChI=1S/C19H26N2.C4H4O4/c1-15(2)13-21(18-10-11-20-12-18)14-17-8-5-7-16-6-3-4-9-19(16)17;5-3(6)1-2-4(7)8/h3-9,15,18,20H,10-14H2,1-2H3;1-2H,(H,5,6)(H,7,8)/b;2-1+/t18-;/m0./s1. The van der Waals surface area contributed by atoms with E-state index < -0.39 is 11.9 Å². The van der Waals surface area contributed by atoms with Gasteiger partial charge >= 0.3 is 11.9 Å². The van der Waals surface area contributed by atoms with Crippen LogP contribution in [-0.4, -0.2) is 52.7 Å². The monoisotopic (exact) mass is 398 g/mol. The van der Waals surface area contributed by atoms with Gasteiger partial charge in [0, 0.05) is 37.8 Å². The van der Waals surface area contributed by atoms with Gasteiger partial charge in [-0.25, -0.2) is 9.59 Å². The van der Waals surface area contributed by atoms with Gasteiger partial charge in [0.25, 0.3) is 0 Å². The maximum Gasteiger partial charge on any atom is 0.328 e. The van der Waals surface area contributed by atoms with Crippen molar-refractivity contribution in [1.29, 1.82) is 0 Å². The Morgan fingerprint density at radius 1 is 1.10 bits per heavy atom. The first-order valence-electron chi connectivity index (χ1n) is 9.92. The molecule has 0 amide bonds. The number of rotatable bonds is 7. The van der Waals surface area contributed by atoms with Gasteiger partial charge in [0.2, 0.25) is 0 Å². The largest absolute Gasteiger partial charge is 0.478 e. The molecule has 29 heavy (non-hydrogen) atoms. The predicted molar refractivity (Wildman–Crippen MR) is 115 cm³/mol. The number of nitrogens with zero attached hydrogens (tertiary/aromatic N) is 1. The lowest BCUT2D eigenvalue weighted by Gasteiger charge is -2.30. The van der Waals surface area contributed by atoms with E-state index >= 15 is 0 Å². The quantitative estimate of drug-likeness (QED) is 0.620. The first-order valence-corrected chi connectivity index (χ1v) is 9.92. The van der Waals surface area contributed by atoms with Gasteiger partial charge < -0.3 is 15.5 Å². The van der Waals surface area contributed by atoms with Crippen LogP contribution in [-0.2, 0) is 16.1 Å². The fourth-order valence-electron chi connectivity index (χ4n) is 3.55. The van der Waals surface area contributed by atoms with E-state index in [1.54, 1.807) is 0 Å². The third kappa shape index (κ3) is 7.68. The van der Waals surface area contributed by atoms with Crippen LogP contribution in [0, 0.1) is 5.92 Å². The third-order valence-electron chi connectivity index (χ3n) is 4.77. The molecule has 1 atom stereocenters. The van der Waals surface area contributed by atoms with Gasteiger partial charge in [0.1, 0.15) is 0 Å². The van der Waals surface area contributed by atoms with Gasteiger partial charge in [-0.3, -0.25) is 4.90 Å². The van der Waals surface area contributed by atoms with Gasteiger partial charge in [-0.1, -0.05) is 56.3 Å². The zero-order valence-corrected chi connectivity index (χ0v) is 17.0. The highest BCUT2D eigenvalue weighted by atomic mass is 16.4. The van der Waals surface area contributed by atoms with Crippen molar-refractivity contribution in [3.63, 3.8) is 0 Å². The molecule has 3 N–H and O–H groups in total. The summed E-state index contributed by atoms with van der Waals surface area (Å²) in [5.41, 5.74) is 1.46. The number of nitrogens with one attached hydrogen (secondary N) is 1. The zero-order chi connectivity index (χ0) is 21.2. The van der Waals surface area contributed by atoms with Crippen molar-refractivity contribution < 1.29 is 19.8 Å². The molecule has 3 rings (SSSR count). The number of carboxylic acid groups (broad SMARTS) is 2. The first kappa shape index (κ1) is 22.6. The Balaban J connectivity index is 0.000000321. The summed E-state index contributed by atoms with van der Waals surface area (Å²) in [5.74, 6) is -1.81. The molecular formula is C23H30N2O4. The van der Waals surface area contributed by atoms with E-state index in [1.807, 2.05) is 0 Å². The minimum absolute atomic E-state index is 0.558. The molecule has 0 bridgehead atoms. The van der Waals surface area contributed by atoms with Crippen LogP contribution in [0.25, 0.3) is 10.8 Å². The van der Waals surface area contributed by atoms with E-state index in [-0.39, 0.29) is 0 Å². The van der Waals surface area contributed by atoms with Crippen LogP contribution in [0.5, 0.6) is 0 Å². The number of carboxylic acids is 2. The number of hydrogen-bond donors (Lipinski definition) is 3. The number of aliphatic carboxylic acids is 2. The van der Waals surface area contributed by atoms with E-state index in [0.717, 1.165) is 19.6 Å². The van der Waals surface area contributed by atoms with Gasteiger partial charge in [-0.05, 0) is 35.2 Å². The fourth-order valence-corrected chi connectivity index (χ4v) is 3.55. The van der Waals surface area contributed by atoms with E-state index in [1.165, 1.54) is 29.3 Å². The molecule has 2 aromatic rings. The maximum atomic E-state index is 9.55. The van der Waals surface area contributed by atoms with Crippen molar-refractivity contribution >= 4 is 22.7 Å². The summed E-state index contributed by atoms with van der Waals surface area (Å²) in [6.45, 7) is 9.17. The molecule has 6 heteroatoms. The zero-order valence-electron chi connectivity index (χ0n) is 17.0. The summed E-state index contributed by atoms with van der Waals surface area (Å²) in [4.78, 5) is 21.8. The number of hydrogen-bond acceptors (Lipinski definition) is 4. The smallest absolute Gasteiger partial charge is 0.328 e. The summed E-state index contributed by atoms with van der Waals surface area (Å²) in [7, 11) is 0. The van der Waals surface area contributed by atoms with Crippen LogP contribution < -0.4 is 5.32 Å². The summed E-state index contributed by atoms with van der Waals surface area (Å²) >= 11 is 0. The fraction of sp³-hybridized carbons (Fsp3) is 0.391. The van der Waals surface area contributed by atoms with Crippen LogP contribution in [0.4, 0.5) is 0 Å². The molecular weight excluding hydrogens is 368 g/mol. The summed E-state index contributed by atoms with van der Waals surface area (Å²) in [5, 5.41) is 21.9. The van der Waals surface area contributed by atoms with Crippen LogP contribution in [0.15, 0.2) is 54.6 Å². The van der Waals surface area contributed by atoms with Crippen molar-refractivity contribution in [3.05, 3.63) is 60.2 Å². The Bertz CT molecular complexity index is 820. The lowest BCUT2D eigenvalue weighted by Crippen LogP contribution is -2.38. The second-order valence-corrected chi connectivity index (χ2v) is 7.62. The molecule has 2 aromatic carbocycles. The predicted octanol–water partition coefficient (Wildman–Crippen LogP) is 3.37. The molecule has 0 unspecified atom stereocenters. The van der Waals surface area contributed by atoms with Crippen LogP contribution in [0.2, 0.25) is 0 Å². The van der Waals surface area contributed by atoms with E-state index in [0.29, 0.717) is 24.1 Å². The van der Waals surface area contributed by atoms with Gasteiger partial charge in [-0.2, -0.15) is 0 Å². The molecule has 1 fully saturated rings. The molecule has 0 saturated carbocycles. The van der Waals surface area contributed by atoms with Crippen molar-refractivity contribution in [1.82, 2.24) is 10.2 Å².